The molecular formula is C16H20N2O3S. The number of ether oxygens (including phenoxy) is 1. The van der Waals surface area contributed by atoms with Crippen molar-refractivity contribution in [3.8, 4) is 0 Å². The van der Waals surface area contributed by atoms with E-state index in [0.29, 0.717) is 5.69 Å². The average Bonchev–Trinajstić information content (AvgIpc) is 3.01. The Morgan fingerprint density at radius 2 is 2.14 bits per heavy atom. The lowest BCUT2D eigenvalue weighted by Gasteiger charge is -2.09. The van der Waals surface area contributed by atoms with Crippen molar-refractivity contribution in [2.45, 2.75) is 18.9 Å². The summed E-state index contributed by atoms with van der Waals surface area (Å²) in [7, 11) is 1.50. The van der Waals surface area contributed by atoms with E-state index in [2.05, 4.69) is 22.4 Å². The van der Waals surface area contributed by atoms with Crippen molar-refractivity contribution >= 4 is 17.2 Å². The van der Waals surface area contributed by atoms with E-state index in [9.17, 15) is 9.90 Å². The van der Waals surface area contributed by atoms with Crippen LogP contribution in [0.3, 0.4) is 0 Å². The summed E-state index contributed by atoms with van der Waals surface area (Å²) in [5, 5.41) is 14.8. The summed E-state index contributed by atoms with van der Waals surface area (Å²) in [6.07, 6.45) is 1.01. The molecule has 0 aliphatic heterocycles. The number of carbonyl (C=O) groups excluding carboxylic acids is 1. The minimum atomic E-state index is -0.704. The SMILES string of the molecule is COCC(O)CNC(=O)c1csc(CCc2ccccc2)n1. The Hall–Kier alpha value is -1.76. The molecule has 0 bridgehead atoms. The van der Waals surface area contributed by atoms with Crippen molar-refractivity contribution in [3.63, 3.8) is 0 Å². The van der Waals surface area contributed by atoms with Crippen LogP contribution < -0.4 is 5.32 Å². The lowest BCUT2D eigenvalue weighted by Crippen LogP contribution is -2.34. The highest BCUT2D eigenvalue weighted by atomic mass is 32.1. The molecule has 2 rings (SSSR count). The van der Waals surface area contributed by atoms with Gasteiger partial charge in [0.2, 0.25) is 0 Å². The van der Waals surface area contributed by atoms with Crippen molar-refractivity contribution in [1.29, 1.82) is 0 Å². The van der Waals surface area contributed by atoms with Gasteiger partial charge in [-0.25, -0.2) is 4.98 Å². The first-order valence-electron chi connectivity index (χ1n) is 7.12. The number of benzene rings is 1. The zero-order valence-corrected chi connectivity index (χ0v) is 13.3. The van der Waals surface area contributed by atoms with E-state index in [1.165, 1.54) is 24.0 Å². The molecule has 1 unspecified atom stereocenters. The zero-order chi connectivity index (χ0) is 15.8. The van der Waals surface area contributed by atoms with Crippen molar-refractivity contribution < 1.29 is 14.6 Å². The van der Waals surface area contributed by atoms with Crippen LogP contribution in [0.25, 0.3) is 0 Å². The highest BCUT2D eigenvalue weighted by molar-refractivity contribution is 7.09. The number of rotatable bonds is 8. The molecule has 0 saturated carbocycles. The first-order chi connectivity index (χ1) is 10.7. The molecule has 6 heteroatoms. The Morgan fingerprint density at radius 3 is 2.86 bits per heavy atom. The van der Waals surface area contributed by atoms with Gasteiger partial charge in [-0.3, -0.25) is 4.79 Å². The van der Waals surface area contributed by atoms with Gasteiger partial charge >= 0.3 is 0 Å². The monoisotopic (exact) mass is 320 g/mol. The molecule has 0 aliphatic carbocycles. The standard InChI is InChI=1S/C16H20N2O3S/c1-21-10-13(19)9-17-16(20)14-11-22-15(18-14)8-7-12-5-3-2-4-6-12/h2-6,11,13,19H,7-10H2,1H3,(H,17,20). The number of hydrogen-bond donors (Lipinski definition) is 2. The van der Waals surface area contributed by atoms with E-state index in [4.69, 9.17) is 4.74 Å². The van der Waals surface area contributed by atoms with Crippen LogP contribution in [0.2, 0.25) is 0 Å². The summed E-state index contributed by atoms with van der Waals surface area (Å²) in [4.78, 5) is 16.3. The van der Waals surface area contributed by atoms with Gasteiger partial charge in [0, 0.05) is 25.5 Å². The summed E-state index contributed by atoms with van der Waals surface area (Å²) in [5.74, 6) is -0.266. The summed E-state index contributed by atoms with van der Waals surface area (Å²) in [5.41, 5.74) is 1.66. The van der Waals surface area contributed by atoms with Crippen LogP contribution in [-0.2, 0) is 17.6 Å². The second kappa shape index (κ2) is 8.63. The normalized spacial score (nSPS) is 12.1. The van der Waals surface area contributed by atoms with Gasteiger partial charge in [0.15, 0.2) is 0 Å². The fourth-order valence-corrected chi connectivity index (χ4v) is 2.76. The number of nitrogens with zero attached hydrogens (tertiary/aromatic N) is 1. The molecule has 0 aliphatic rings. The van der Waals surface area contributed by atoms with Gasteiger partial charge < -0.3 is 15.2 Å². The Kier molecular flexibility index (Phi) is 6.51. The predicted molar refractivity (Wildman–Crippen MR) is 86.2 cm³/mol. The van der Waals surface area contributed by atoms with Gasteiger partial charge in [0.05, 0.1) is 17.7 Å². The lowest BCUT2D eigenvalue weighted by molar-refractivity contribution is 0.0609. The molecular weight excluding hydrogens is 300 g/mol. The summed E-state index contributed by atoms with van der Waals surface area (Å²) < 4.78 is 4.80. The molecule has 1 amide bonds. The van der Waals surface area contributed by atoms with E-state index in [-0.39, 0.29) is 19.1 Å². The smallest absolute Gasteiger partial charge is 0.270 e. The fraction of sp³-hybridized carbons (Fsp3) is 0.375. The van der Waals surface area contributed by atoms with Crippen LogP contribution >= 0.6 is 11.3 Å². The molecule has 0 spiro atoms. The highest BCUT2D eigenvalue weighted by Gasteiger charge is 2.12. The quantitative estimate of drug-likeness (QED) is 0.776. The molecule has 5 nitrogen and oxygen atoms in total. The molecule has 1 atom stereocenters. The average molecular weight is 320 g/mol. The van der Waals surface area contributed by atoms with Gasteiger partial charge in [-0.2, -0.15) is 0 Å². The molecule has 1 heterocycles. The summed E-state index contributed by atoms with van der Waals surface area (Å²) in [6, 6.07) is 10.2. The van der Waals surface area contributed by atoms with Crippen LogP contribution in [0.1, 0.15) is 21.1 Å². The van der Waals surface area contributed by atoms with Crippen LogP contribution in [0.15, 0.2) is 35.7 Å². The number of aliphatic hydroxyl groups is 1. The van der Waals surface area contributed by atoms with Crippen LogP contribution in [0.5, 0.6) is 0 Å². The first-order valence-corrected chi connectivity index (χ1v) is 8.00. The van der Waals surface area contributed by atoms with E-state index >= 15 is 0 Å². The minimum Gasteiger partial charge on any atom is -0.389 e. The van der Waals surface area contributed by atoms with Gasteiger partial charge in [-0.1, -0.05) is 30.3 Å². The van der Waals surface area contributed by atoms with E-state index in [1.54, 1.807) is 5.38 Å². The van der Waals surface area contributed by atoms with E-state index in [0.717, 1.165) is 17.8 Å². The Morgan fingerprint density at radius 1 is 1.36 bits per heavy atom. The summed E-state index contributed by atoms with van der Waals surface area (Å²) in [6.45, 7) is 0.350. The van der Waals surface area contributed by atoms with Crippen molar-refractivity contribution in [2.24, 2.45) is 0 Å². The second-order valence-corrected chi connectivity index (χ2v) is 5.87. The molecule has 2 N–H and O–H groups in total. The number of hydrogen-bond acceptors (Lipinski definition) is 5. The number of aromatic nitrogens is 1. The maximum atomic E-state index is 11.9. The van der Waals surface area contributed by atoms with Crippen molar-refractivity contribution in [2.75, 3.05) is 20.3 Å². The lowest BCUT2D eigenvalue weighted by atomic mass is 10.1. The molecule has 2 aromatic rings. The Bertz CT molecular complexity index is 586. The Balaban J connectivity index is 1.81. The van der Waals surface area contributed by atoms with Gasteiger partial charge in [0.25, 0.3) is 5.91 Å². The predicted octanol–water partition coefficient (Wildman–Crippen LogP) is 1.67. The maximum absolute atomic E-state index is 11.9. The number of aliphatic hydroxyl groups excluding tert-OH is 1. The molecule has 0 fully saturated rings. The third-order valence-corrected chi connectivity index (χ3v) is 4.02. The largest absolute Gasteiger partial charge is 0.389 e. The van der Waals surface area contributed by atoms with Crippen molar-refractivity contribution in [1.82, 2.24) is 10.3 Å². The molecule has 1 aromatic carbocycles. The molecule has 118 valence electrons. The third kappa shape index (κ3) is 5.22. The van der Waals surface area contributed by atoms with Gasteiger partial charge in [-0.15, -0.1) is 11.3 Å². The van der Waals surface area contributed by atoms with Crippen LogP contribution in [-0.4, -0.2) is 42.4 Å². The van der Waals surface area contributed by atoms with Gasteiger partial charge in [-0.05, 0) is 12.0 Å². The Labute approximate surface area is 134 Å². The van der Waals surface area contributed by atoms with Crippen LogP contribution in [0, 0.1) is 0 Å². The second-order valence-electron chi connectivity index (χ2n) is 4.93. The summed E-state index contributed by atoms with van der Waals surface area (Å²) >= 11 is 1.48. The van der Waals surface area contributed by atoms with Gasteiger partial charge in [0.1, 0.15) is 5.69 Å². The number of carbonyl (C=O) groups is 1. The molecule has 0 saturated heterocycles. The molecule has 22 heavy (non-hydrogen) atoms. The van der Waals surface area contributed by atoms with Crippen LogP contribution in [0.4, 0.5) is 0 Å². The van der Waals surface area contributed by atoms with E-state index in [1.807, 2.05) is 18.2 Å². The number of aryl methyl sites for hydroxylation is 2. The zero-order valence-electron chi connectivity index (χ0n) is 12.5. The molecule has 1 aromatic heterocycles. The molecule has 0 radical (unpaired) electrons. The topological polar surface area (TPSA) is 71.5 Å². The minimum absolute atomic E-state index is 0.156. The van der Waals surface area contributed by atoms with Crippen molar-refractivity contribution in [3.05, 3.63) is 52.0 Å². The number of nitrogens with one attached hydrogen (secondary N) is 1. The number of methoxy groups -OCH3 is 1. The number of amides is 1. The number of thiazole rings is 1. The fourth-order valence-electron chi connectivity index (χ4n) is 1.98. The highest BCUT2D eigenvalue weighted by Crippen LogP contribution is 2.13. The third-order valence-electron chi connectivity index (χ3n) is 3.11. The van der Waals surface area contributed by atoms with E-state index < -0.39 is 6.10 Å². The maximum Gasteiger partial charge on any atom is 0.270 e. The first kappa shape index (κ1) is 16.6.